The molecule has 0 bridgehead atoms. The monoisotopic (exact) mass is 327 g/mol. The van der Waals surface area contributed by atoms with Gasteiger partial charge in [-0.2, -0.15) is 10.4 Å². The standard InChI is InChI=1S/C18H25N5O/c1-4-23-12-16(11-21-23)18-14(5-6-24-18)9-20-10-15-7-17(8-19)22(3)13(15)2/h7,11-12,14,18,20H,4-6,9-10H2,1-3H3/t14-,18+/m1/s1. The first-order valence-electron chi connectivity index (χ1n) is 8.54. The average Bonchev–Trinajstić information content (AvgIpc) is 3.29. The van der Waals surface area contributed by atoms with Gasteiger partial charge >= 0.3 is 0 Å². The largest absolute Gasteiger partial charge is 0.373 e. The van der Waals surface area contributed by atoms with Crippen molar-refractivity contribution in [3.63, 3.8) is 0 Å². The molecular weight excluding hydrogens is 302 g/mol. The number of nitrogens with one attached hydrogen (secondary N) is 1. The molecule has 1 N–H and O–H groups in total. The van der Waals surface area contributed by atoms with Crippen LogP contribution >= 0.6 is 0 Å². The summed E-state index contributed by atoms with van der Waals surface area (Å²) in [6.45, 7) is 7.50. The number of aryl methyl sites for hydroxylation is 1. The first kappa shape index (κ1) is 16.7. The SMILES string of the molecule is CCn1cc([C@H]2OCC[C@@H]2CNCc2cc(C#N)n(C)c2C)cn1. The van der Waals surface area contributed by atoms with Crippen LogP contribution in [0.4, 0.5) is 0 Å². The van der Waals surface area contributed by atoms with E-state index in [4.69, 9.17) is 10.00 Å². The van der Waals surface area contributed by atoms with Crippen molar-refractivity contribution in [3.8, 4) is 6.07 Å². The molecule has 0 amide bonds. The van der Waals surface area contributed by atoms with Crippen molar-refractivity contribution in [1.29, 1.82) is 5.26 Å². The van der Waals surface area contributed by atoms with Gasteiger partial charge < -0.3 is 14.6 Å². The van der Waals surface area contributed by atoms with E-state index in [0.717, 1.165) is 38.4 Å². The molecule has 1 aliphatic heterocycles. The van der Waals surface area contributed by atoms with E-state index in [1.54, 1.807) is 0 Å². The van der Waals surface area contributed by atoms with E-state index in [1.165, 1.54) is 11.1 Å². The first-order valence-corrected chi connectivity index (χ1v) is 8.54. The number of hydrogen-bond acceptors (Lipinski definition) is 4. The van der Waals surface area contributed by atoms with Crippen LogP contribution in [0, 0.1) is 24.2 Å². The van der Waals surface area contributed by atoms with Gasteiger partial charge in [0.05, 0.1) is 12.3 Å². The molecule has 0 aliphatic carbocycles. The molecule has 24 heavy (non-hydrogen) atoms. The highest BCUT2D eigenvalue weighted by atomic mass is 16.5. The second kappa shape index (κ2) is 7.20. The lowest BCUT2D eigenvalue weighted by Gasteiger charge is -2.18. The number of nitriles is 1. The Morgan fingerprint density at radius 1 is 1.50 bits per heavy atom. The Kier molecular flexibility index (Phi) is 5.03. The van der Waals surface area contributed by atoms with Crippen molar-refractivity contribution < 1.29 is 4.74 Å². The van der Waals surface area contributed by atoms with E-state index in [-0.39, 0.29) is 6.10 Å². The molecule has 6 heteroatoms. The van der Waals surface area contributed by atoms with Gasteiger partial charge in [0.1, 0.15) is 11.8 Å². The van der Waals surface area contributed by atoms with Crippen molar-refractivity contribution in [2.45, 2.75) is 39.5 Å². The molecule has 0 spiro atoms. The van der Waals surface area contributed by atoms with E-state index in [9.17, 15) is 0 Å². The number of aromatic nitrogens is 3. The second-order valence-corrected chi connectivity index (χ2v) is 6.41. The van der Waals surface area contributed by atoms with Crippen LogP contribution in [0.1, 0.15) is 42.0 Å². The molecule has 1 aliphatic rings. The topological polar surface area (TPSA) is 67.8 Å². The lowest BCUT2D eigenvalue weighted by molar-refractivity contribution is 0.0904. The van der Waals surface area contributed by atoms with Gasteiger partial charge in [-0.1, -0.05) is 0 Å². The van der Waals surface area contributed by atoms with Crippen LogP contribution in [-0.2, 0) is 24.9 Å². The molecule has 3 heterocycles. The number of nitrogens with zero attached hydrogens (tertiary/aromatic N) is 4. The van der Waals surface area contributed by atoms with E-state index in [2.05, 4.69) is 36.5 Å². The van der Waals surface area contributed by atoms with Crippen LogP contribution in [0.3, 0.4) is 0 Å². The van der Waals surface area contributed by atoms with E-state index < -0.39 is 0 Å². The molecule has 2 aromatic rings. The first-order chi connectivity index (χ1) is 11.6. The Hall–Kier alpha value is -2.10. The molecule has 0 aromatic carbocycles. The molecule has 3 rings (SSSR count). The summed E-state index contributed by atoms with van der Waals surface area (Å²) in [6.07, 6.45) is 5.20. The van der Waals surface area contributed by atoms with Crippen LogP contribution in [-0.4, -0.2) is 27.5 Å². The number of ether oxygens (including phenoxy) is 1. The maximum atomic E-state index is 9.12. The molecule has 6 nitrogen and oxygen atoms in total. The highest BCUT2D eigenvalue weighted by molar-refractivity contribution is 5.34. The fourth-order valence-corrected chi connectivity index (χ4v) is 3.35. The fourth-order valence-electron chi connectivity index (χ4n) is 3.35. The van der Waals surface area contributed by atoms with Crippen LogP contribution < -0.4 is 5.32 Å². The van der Waals surface area contributed by atoms with Crippen LogP contribution in [0.2, 0.25) is 0 Å². The maximum absolute atomic E-state index is 9.12. The zero-order chi connectivity index (χ0) is 17.1. The second-order valence-electron chi connectivity index (χ2n) is 6.41. The zero-order valence-corrected chi connectivity index (χ0v) is 14.6. The van der Waals surface area contributed by atoms with Crippen molar-refractivity contribution in [3.05, 3.63) is 41.0 Å². The normalized spacial score (nSPS) is 20.4. The van der Waals surface area contributed by atoms with Crippen LogP contribution in [0.5, 0.6) is 0 Å². The van der Waals surface area contributed by atoms with Crippen molar-refractivity contribution >= 4 is 0 Å². The zero-order valence-electron chi connectivity index (χ0n) is 14.6. The van der Waals surface area contributed by atoms with Gasteiger partial charge in [-0.25, -0.2) is 0 Å². The lowest BCUT2D eigenvalue weighted by Crippen LogP contribution is -2.24. The van der Waals surface area contributed by atoms with Gasteiger partial charge in [-0.15, -0.1) is 0 Å². The summed E-state index contributed by atoms with van der Waals surface area (Å²) in [5.74, 6) is 0.457. The molecule has 2 atom stereocenters. The summed E-state index contributed by atoms with van der Waals surface area (Å²) >= 11 is 0. The van der Waals surface area contributed by atoms with E-state index in [1.807, 2.05) is 28.6 Å². The molecule has 2 aromatic heterocycles. The van der Waals surface area contributed by atoms with E-state index >= 15 is 0 Å². The minimum absolute atomic E-state index is 0.129. The van der Waals surface area contributed by atoms with Crippen molar-refractivity contribution in [2.24, 2.45) is 13.0 Å². The van der Waals surface area contributed by atoms with Crippen molar-refractivity contribution in [2.75, 3.05) is 13.2 Å². The summed E-state index contributed by atoms with van der Waals surface area (Å²) in [7, 11) is 1.93. The maximum Gasteiger partial charge on any atom is 0.120 e. The van der Waals surface area contributed by atoms with Crippen LogP contribution in [0.15, 0.2) is 18.5 Å². The van der Waals surface area contributed by atoms with Crippen LogP contribution in [0.25, 0.3) is 0 Å². The Morgan fingerprint density at radius 3 is 3.00 bits per heavy atom. The molecular formula is C18H25N5O. The molecule has 128 valence electrons. The number of rotatable bonds is 6. The summed E-state index contributed by atoms with van der Waals surface area (Å²) in [5.41, 5.74) is 4.20. The van der Waals surface area contributed by atoms with Gasteiger partial charge in [0.2, 0.25) is 0 Å². The van der Waals surface area contributed by atoms with Gasteiger partial charge in [0, 0.05) is 56.7 Å². The Bertz CT molecular complexity index is 739. The molecule has 0 saturated carbocycles. The van der Waals surface area contributed by atoms with Gasteiger partial charge in [-0.3, -0.25) is 4.68 Å². The van der Waals surface area contributed by atoms with Gasteiger partial charge in [0.15, 0.2) is 0 Å². The summed E-state index contributed by atoms with van der Waals surface area (Å²) < 4.78 is 9.82. The quantitative estimate of drug-likeness (QED) is 0.884. The summed E-state index contributed by atoms with van der Waals surface area (Å²) in [4.78, 5) is 0. The third kappa shape index (κ3) is 3.23. The highest BCUT2D eigenvalue weighted by Gasteiger charge is 2.30. The summed E-state index contributed by atoms with van der Waals surface area (Å²) in [5, 5.41) is 17.0. The van der Waals surface area contributed by atoms with Gasteiger partial charge in [0.25, 0.3) is 0 Å². The fraction of sp³-hybridized carbons (Fsp3) is 0.556. The third-order valence-corrected chi connectivity index (χ3v) is 5.00. The molecule has 1 saturated heterocycles. The predicted molar refractivity (Wildman–Crippen MR) is 91.3 cm³/mol. The number of hydrogen-bond donors (Lipinski definition) is 1. The molecule has 1 fully saturated rings. The predicted octanol–water partition coefficient (Wildman–Crippen LogP) is 2.29. The van der Waals surface area contributed by atoms with Crippen molar-refractivity contribution in [1.82, 2.24) is 19.7 Å². The highest BCUT2D eigenvalue weighted by Crippen LogP contribution is 2.33. The third-order valence-electron chi connectivity index (χ3n) is 5.00. The van der Waals surface area contributed by atoms with Gasteiger partial charge in [-0.05, 0) is 31.9 Å². The molecule has 0 unspecified atom stereocenters. The Labute approximate surface area is 143 Å². The van der Waals surface area contributed by atoms with E-state index in [0.29, 0.717) is 11.6 Å². The Balaban J connectivity index is 1.59. The smallest absolute Gasteiger partial charge is 0.120 e. The Morgan fingerprint density at radius 2 is 2.33 bits per heavy atom. The minimum Gasteiger partial charge on any atom is -0.373 e. The molecule has 0 radical (unpaired) electrons. The average molecular weight is 327 g/mol. The minimum atomic E-state index is 0.129. The lowest BCUT2D eigenvalue weighted by atomic mass is 9.97. The summed E-state index contributed by atoms with van der Waals surface area (Å²) in [6, 6.07) is 4.20.